The first-order valence-corrected chi connectivity index (χ1v) is 6.00. The summed E-state index contributed by atoms with van der Waals surface area (Å²) in [6, 6.07) is 5.48. The van der Waals surface area contributed by atoms with Crippen molar-refractivity contribution in [1.82, 2.24) is 15.1 Å². The summed E-state index contributed by atoms with van der Waals surface area (Å²) in [6.07, 6.45) is 2.36. The van der Waals surface area contributed by atoms with Crippen LogP contribution in [-0.4, -0.2) is 44.8 Å². The monoisotopic (exact) mass is 245 g/mol. The minimum atomic E-state index is -0.756. The fraction of sp³-hybridized carbons (Fsp3) is 0.385. The number of nitrogens with one attached hydrogen (secondary N) is 1. The zero-order valence-electron chi connectivity index (χ0n) is 10.2. The highest BCUT2D eigenvalue weighted by atomic mass is 16.3. The molecular formula is C13H15N3O2. The number of carbonyl (C=O) groups is 1. The first kappa shape index (κ1) is 11.2. The summed E-state index contributed by atoms with van der Waals surface area (Å²) < 4.78 is 0. The quantitative estimate of drug-likeness (QED) is 0.792. The Morgan fingerprint density at radius 3 is 3.11 bits per heavy atom. The molecule has 1 unspecified atom stereocenters. The van der Waals surface area contributed by atoms with Crippen LogP contribution in [0.25, 0.3) is 10.9 Å². The maximum absolute atomic E-state index is 12.3. The zero-order valence-corrected chi connectivity index (χ0v) is 10.2. The standard InChI is InChI=1S/C13H15N3O2/c1-13(18)4-5-16(8-13)12(17)9-2-3-10-7-14-15-11(10)6-9/h2-3,6-7,18H,4-5,8H2,1H3,(H,14,15). The number of hydrogen-bond acceptors (Lipinski definition) is 3. The zero-order chi connectivity index (χ0) is 12.8. The third-order valence-electron chi connectivity index (χ3n) is 3.43. The summed E-state index contributed by atoms with van der Waals surface area (Å²) in [5, 5.41) is 17.7. The molecule has 0 saturated carbocycles. The van der Waals surface area contributed by atoms with Gasteiger partial charge in [0.1, 0.15) is 0 Å². The van der Waals surface area contributed by atoms with Crippen LogP contribution in [0, 0.1) is 0 Å². The van der Waals surface area contributed by atoms with E-state index in [1.807, 2.05) is 6.07 Å². The summed E-state index contributed by atoms with van der Waals surface area (Å²) >= 11 is 0. The second-order valence-electron chi connectivity index (χ2n) is 5.15. The van der Waals surface area contributed by atoms with Gasteiger partial charge in [0.2, 0.25) is 0 Å². The van der Waals surface area contributed by atoms with Gasteiger partial charge in [-0.15, -0.1) is 0 Å². The first-order chi connectivity index (χ1) is 8.55. The molecule has 0 spiro atoms. The number of benzene rings is 1. The lowest BCUT2D eigenvalue weighted by atomic mass is 10.1. The number of carbonyl (C=O) groups excluding carboxylic acids is 1. The van der Waals surface area contributed by atoms with Crippen molar-refractivity contribution in [3.05, 3.63) is 30.0 Å². The van der Waals surface area contributed by atoms with E-state index in [4.69, 9.17) is 0 Å². The molecule has 1 saturated heterocycles. The Morgan fingerprint density at radius 2 is 2.39 bits per heavy atom. The molecule has 5 heteroatoms. The molecular weight excluding hydrogens is 230 g/mol. The van der Waals surface area contributed by atoms with Crippen molar-refractivity contribution in [2.24, 2.45) is 0 Å². The number of aromatic nitrogens is 2. The fourth-order valence-electron chi connectivity index (χ4n) is 2.37. The largest absolute Gasteiger partial charge is 0.388 e. The Hall–Kier alpha value is -1.88. The number of H-pyrrole nitrogens is 1. The van der Waals surface area contributed by atoms with Crippen LogP contribution in [0.1, 0.15) is 23.7 Å². The highest BCUT2D eigenvalue weighted by Crippen LogP contribution is 2.23. The normalized spacial score (nSPS) is 23.8. The number of hydrogen-bond donors (Lipinski definition) is 2. The van der Waals surface area contributed by atoms with E-state index in [0.717, 1.165) is 10.9 Å². The lowest BCUT2D eigenvalue weighted by Crippen LogP contribution is -2.33. The van der Waals surface area contributed by atoms with Gasteiger partial charge in [0.25, 0.3) is 5.91 Å². The number of amides is 1. The van der Waals surface area contributed by atoms with Crippen molar-refractivity contribution in [2.75, 3.05) is 13.1 Å². The third-order valence-corrected chi connectivity index (χ3v) is 3.43. The number of likely N-dealkylation sites (tertiary alicyclic amines) is 1. The van der Waals surface area contributed by atoms with Crippen LogP contribution in [0.3, 0.4) is 0 Å². The van der Waals surface area contributed by atoms with Gasteiger partial charge >= 0.3 is 0 Å². The molecule has 0 aliphatic carbocycles. The minimum absolute atomic E-state index is 0.0377. The molecule has 1 aliphatic heterocycles. The van der Waals surface area contributed by atoms with Crippen molar-refractivity contribution in [3.8, 4) is 0 Å². The highest BCUT2D eigenvalue weighted by molar-refractivity contribution is 5.97. The van der Waals surface area contributed by atoms with Gasteiger partial charge < -0.3 is 10.0 Å². The van der Waals surface area contributed by atoms with E-state index in [-0.39, 0.29) is 5.91 Å². The highest BCUT2D eigenvalue weighted by Gasteiger charge is 2.34. The molecule has 0 radical (unpaired) electrons. The Labute approximate surface area is 104 Å². The second-order valence-corrected chi connectivity index (χ2v) is 5.15. The van der Waals surface area contributed by atoms with Crippen LogP contribution < -0.4 is 0 Å². The van der Waals surface area contributed by atoms with Crippen molar-refractivity contribution in [3.63, 3.8) is 0 Å². The van der Waals surface area contributed by atoms with Crippen molar-refractivity contribution in [1.29, 1.82) is 0 Å². The number of nitrogens with zero attached hydrogens (tertiary/aromatic N) is 2. The van der Waals surface area contributed by atoms with Gasteiger partial charge in [-0.2, -0.15) is 5.10 Å². The van der Waals surface area contributed by atoms with E-state index in [1.54, 1.807) is 30.2 Å². The first-order valence-electron chi connectivity index (χ1n) is 6.00. The molecule has 2 aromatic rings. The number of aromatic amines is 1. The van der Waals surface area contributed by atoms with Crippen LogP contribution in [0.4, 0.5) is 0 Å². The molecule has 2 N–H and O–H groups in total. The van der Waals surface area contributed by atoms with Crippen molar-refractivity contribution >= 4 is 16.8 Å². The van der Waals surface area contributed by atoms with Crippen molar-refractivity contribution < 1.29 is 9.90 Å². The number of rotatable bonds is 1. The van der Waals surface area contributed by atoms with Crippen LogP contribution in [-0.2, 0) is 0 Å². The SMILES string of the molecule is CC1(O)CCN(C(=O)c2ccc3cn[nH]c3c2)C1. The second kappa shape index (κ2) is 3.81. The molecule has 5 nitrogen and oxygen atoms in total. The summed E-state index contributed by atoms with van der Waals surface area (Å²) in [5.74, 6) is -0.0377. The van der Waals surface area contributed by atoms with E-state index in [0.29, 0.717) is 25.1 Å². The van der Waals surface area contributed by atoms with Crippen LogP contribution in [0.5, 0.6) is 0 Å². The van der Waals surface area contributed by atoms with Gasteiger partial charge in [0.15, 0.2) is 0 Å². The Morgan fingerprint density at radius 1 is 1.56 bits per heavy atom. The van der Waals surface area contributed by atoms with Crippen LogP contribution in [0.15, 0.2) is 24.4 Å². The van der Waals surface area contributed by atoms with Gasteiger partial charge in [-0.25, -0.2) is 0 Å². The molecule has 1 atom stereocenters. The van der Waals surface area contributed by atoms with Crippen LogP contribution >= 0.6 is 0 Å². The molecule has 18 heavy (non-hydrogen) atoms. The molecule has 3 rings (SSSR count). The summed E-state index contributed by atoms with van der Waals surface area (Å²) in [5.41, 5.74) is 0.726. The van der Waals surface area contributed by atoms with Gasteiger partial charge in [-0.1, -0.05) is 6.07 Å². The maximum Gasteiger partial charge on any atom is 0.254 e. The van der Waals surface area contributed by atoms with E-state index in [9.17, 15) is 9.90 Å². The van der Waals surface area contributed by atoms with E-state index in [1.165, 1.54) is 0 Å². The molecule has 1 aliphatic rings. The predicted octanol–water partition coefficient (Wildman–Crippen LogP) is 1.16. The summed E-state index contributed by atoms with van der Waals surface area (Å²) in [7, 11) is 0. The maximum atomic E-state index is 12.3. The molecule has 1 fully saturated rings. The smallest absolute Gasteiger partial charge is 0.254 e. The Kier molecular flexibility index (Phi) is 2.38. The summed E-state index contributed by atoms with van der Waals surface area (Å²) in [6.45, 7) is 2.76. The molecule has 1 amide bonds. The van der Waals surface area contributed by atoms with Gasteiger partial charge in [0.05, 0.1) is 17.3 Å². The average molecular weight is 245 g/mol. The van der Waals surface area contributed by atoms with Gasteiger partial charge in [-0.05, 0) is 25.5 Å². The van der Waals surface area contributed by atoms with E-state index >= 15 is 0 Å². The molecule has 1 aromatic heterocycles. The third kappa shape index (κ3) is 1.86. The van der Waals surface area contributed by atoms with Gasteiger partial charge in [-0.3, -0.25) is 9.89 Å². The predicted molar refractivity (Wildman–Crippen MR) is 67.2 cm³/mol. The molecule has 94 valence electrons. The Bertz CT molecular complexity index is 603. The van der Waals surface area contributed by atoms with Crippen LogP contribution in [0.2, 0.25) is 0 Å². The number of fused-ring (bicyclic) bond motifs is 1. The fourth-order valence-corrected chi connectivity index (χ4v) is 2.37. The lowest BCUT2D eigenvalue weighted by molar-refractivity contribution is 0.0572. The topological polar surface area (TPSA) is 69.2 Å². The molecule has 2 heterocycles. The van der Waals surface area contributed by atoms with Gasteiger partial charge in [0, 0.05) is 24.0 Å². The molecule has 1 aromatic carbocycles. The van der Waals surface area contributed by atoms with E-state index in [2.05, 4.69) is 10.2 Å². The van der Waals surface area contributed by atoms with E-state index < -0.39 is 5.60 Å². The number of β-amino-alcohol motifs (C(OH)–C–C–N with tert-alkyl or cyclic N) is 1. The average Bonchev–Trinajstić information content (AvgIpc) is 2.93. The lowest BCUT2D eigenvalue weighted by Gasteiger charge is -2.19. The number of aliphatic hydroxyl groups is 1. The molecule has 0 bridgehead atoms. The minimum Gasteiger partial charge on any atom is -0.388 e. The Balaban J connectivity index is 1.88. The van der Waals surface area contributed by atoms with Crippen molar-refractivity contribution in [2.45, 2.75) is 18.9 Å². The summed E-state index contributed by atoms with van der Waals surface area (Å²) in [4.78, 5) is 14.0.